The molecule has 1 aromatic rings. The van der Waals surface area contributed by atoms with Gasteiger partial charge in [0.05, 0.1) is 0 Å². The van der Waals surface area contributed by atoms with E-state index in [1.807, 2.05) is 0 Å². The molecule has 1 atom stereocenters. The van der Waals surface area contributed by atoms with Crippen LogP contribution in [0.2, 0.25) is 0 Å². The minimum atomic E-state index is -0.572. The van der Waals surface area contributed by atoms with E-state index < -0.39 is 10.8 Å². The third-order valence-corrected chi connectivity index (χ3v) is 4.93. The zero-order chi connectivity index (χ0) is 13.5. The van der Waals surface area contributed by atoms with Crippen LogP contribution >= 0.6 is 0 Å². The SMILES string of the molecule is CCNC(CCN1CCS(=O)CC1)c1ccccc1. The van der Waals surface area contributed by atoms with Crippen LogP contribution in [-0.2, 0) is 10.8 Å². The smallest absolute Gasteiger partial charge is 0.0363 e. The molecule has 1 aromatic carbocycles. The van der Waals surface area contributed by atoms with Crippen molar-refractivity contribution in [2.75, 3.05) is 37.7 Å². The fourth-order valence-corrected chi connectivity index (χ4v) is 3.66. The molecule has 1 saturated heterocycles. The van der Waals surface area contributed by atoms with E-state index in [0.29, 0.717) is 6.04 Å². The second-order valence-corrected chi connectivity index (χ2v) is 6.70. The molecular weight excluding hydrogens is 256 g/mol. The van der Waals surface area contributed by atoms with E-state index in [-0.39, 0.29) is 0 Å². The molecule has 4 heteroatoms. The van der Waals surface area contributed by atoms with Gasteiger partial charge in [-0.2, -0.15) is 0 Å². The lowest BCUT2D eigenvalue weighted by Crippen LogP contribution is -2.39. The second-order valence-electron chi connectivity index (χ2n) is 5.00. The van der Waals surface area contributed by atoms with Crippen LogP contribution in [0.4, 0.5) is 0 Å². The fraction of sp³-hybridized carbons (Fsp3) is 0.600. The van der Waals surface area contributed by atoms with E-state index in [0.717, 1.165) is 44.1 Å². The van der Waals surface area contributed by atoms with Crippen molar-refractivity contribution in [2.24, 2.45) is 0 Å². The number of benzene rings is 1. The Morgan fingerprint density at radius 3 is 2.58 bits per heavy atom. The molecule has 0 bridgehead atoms. The number of nitrogens with zero attached hydrogens (tertiary/aromatic N) is 1. The molecule has 3 nitrogen and oxygen atoms in total. The molecule has 0 saturated carbocycles. The van der Waals surface area contributed by atoms with E-state index in [1.54, 1.807) is 0 Å². The lowest BCUT2D eigenvalue weighted by Gasteiger charge is -2.28. The van der Waals surface area contributed by atoms with E-state index in [2.05, 4.69) is 47.5 Å². The van der Waals surface area contributed by atoms with Crippen molar-refractivity contribution < 1.29 is 4.21 Å². The quantitative estimate of drug-likeness (QED) is 0.862. The first-order chi connectivity index (χ1) is 9.29. The third kappa shape index (κ3) is 4.71. The third-order valence-electron chi connectivity index (χ3n) is 3.66. The van der Waals surface area contributed by atoms with Gasteiger partial charge in [-0.15, -0.1) is 0 Å². The molecule has 0 aliphatic carbocycles. The number of rotatable bonds is 6. The summed E-state index contributed by atoms with van der Waals surface area (Å²) in [6.45, 7) is 6.20. The highest BCUT2D eigenvalue weighted by molar-refractivity contribution is 7.85. The first-order valence-electron chi connectivity index (χ1n) is 7.15. The maximum atomic E-state index is 11.3. The average molecular weight is 280 g/mol. The second kappa shape index (κ2) is 7.78. The van der Waals surface area contributed by atoms with Crippen LogP contribution in [0, 0.1) is 0 Å². The molecular formula is C15H24N2OS. The Morgan fingerprint density at radius 1 is 1.26 bits per heavy atom. The summed E-state index contributed by atoms with van der Waals surface area (Å²) in [6, 6.07) is 11.1. The van der Waals surface area contributed by atoms with Crippen molar-refractivity contribution in [1.82, 2.24) is 10.2 Å². The summed E-state index contributed by atoms with van der Waals surface area (Å²) >= 11 is 0. The zero-order valence-corrected chi connectivity index (χ0v) is 12.5. The Bertz CT molecular complexity index is 386. The van der Waals surface area contributed by atoms with Crippen molar-refractivity contribution in [2.45, 2.75) is 19.4 Å². The van der Waals surface area contributed by atoms with Crippen LogP contribution in [-0.4, -0.2) is 46.8 Å². The van der Waals surface area contributed by atoms with Gasteiger partial charge >= 0.3 is 0 Å². The molecule has 0 spiro atoms. The molecule has 1 aliphatic rings. The molecule has 19 heavy (non-hydrogen) atoms. The van der Waals surface area contributed by atoms with Crippen LogP contribution in [0.5, 0.6) is 0 Å². The maximum Gasteiger partial charge on any atom is 0.0363 e. The van der Waals surface area contributed by atoms with Crippen LogP contribution in [0.25, 0.3) is 0 Å². The molecule has 1 aliphatic heterocycles. The van der Waals surface area contributed by atoms with Gasteiger partial charge in [-0.05, 0) is 18.5 Å². The molecule has 1 N–H and O–H groups in total. The zero-order valence-electron chi connectivity index (χ0n) is 11.7. The topological polar surface area (TPSA) is 32.3 Å². The molecule has 0 amide bonds. The van der Waals surface area contributed by atoms with Crippen molar-refractivity contribution >= 4 is 10.8 Å². The van der Waals surface area contributed by atoms with Crippen molar-refractivity contribution in [3.63, 3.8) is 0 Å². The van der Waals surface area contributed by atoms with Gasteiger partial charge in [0, 0.05) is 48.0 Å². The Kier molecular flexibility index (Phi) is 6.01. The summed E-state index contributed by atoms with van der Waals surface area (Å²) in [7, 11) is -0.572. The molecule has 2 rings (SSSR count). The predicted molar refractivity (Wildman–Crippen MR) is 81.8 cm³/mol. The van der Waals surface area contributed by atoms with Gasteiger partial charge < -0.3 is 10.2 Å². The van der Waals surface area contributed by atoms with Gasteiger partial charge in [-0.1, -0.05) is 37.3 Å². The summed E-state index contributed by atoms with van der Waals surface area (Å²) in [5, 5.41) is 3.56. The Hall–Kier alpha value is -0.710. The van der Waals surface area contributed by atoms with Gasteiger partial charge in [0.15, 0.2) is 0 Å². The summed E-state index contributed by atoms with van der Waals surface area (Å²) in [5.41, 5.74) is 1.37. The summed E-state index contributed by atoms with van der Waals surface area (Å²) in [4.78, 5) is 2.44. The summed E-state index contributed by atoms with van der Waals surface area (Å²) in [5.74, 6) is 1.69. The minimum Gasteiger partial charge on any atom is -0.310 e. The number of nitrogens with one attached hydrogen (secondary N) is 1. The highest BCUT2D eigenvalue weighted by Crippen LogP contribution is 2.17. The lowest BCUT2D eigenvalue weighted by atomic mass is 10.0. The molecule has 1 unspecified atom stereocenters. The van der Waals surface area contributed by atoms with E-state index >= 15 is 0 Å². The van der Waals surface area contributed by atoms with Crippen LogP contribution in [0.3, 0.4) is 0 Å². The standard InChI is InChI=1S/C15H24N2OS/c1-2-16-15(14-6-4-3-5-7-14)8-9-17-10-12-19(18)13-11-17/h3-7,15-16H,2,8-13H2,1H3. The maximum absolute atomic E-state index is 11.3. The highest BCUT2D eigenvalue weighted by Gasteiger charge is 2.17. The van der Waals surface area contributed by atoms with Crippen LogP contribution in [0.15, 0.2) is 30.3 Å². The van der Waals surface area contributed by atoms with Crippen molar-refractivity contribution in [3.8, 4) is 0 Å². The van der Waals surface area contributed by atoms with Crippen molar-refractivity contribution in [1.29, 1.82) is 0 Å². The lowest BCUT2D eigenvalue weighted by molar-refractivity contribution is 0.279. The first kappa shape index (κ1) is 14.7. The molecule has 0 radical (unpaired) electrons. The summed E-state index contributed by atoms with van der Waals surface area (Å²) < 4.78 is 11.3. The van der Waals surface area contributed by atoms with Gasteiger partial charge in [-0.25, -0.2) is 0 Å². The average Bonchev–Trinajstić information content (AvgIpc) is 2.46. The Morgan fingerprint density at radius 2 is 1.95 bits per heavy atom. The van der Waals surface area contributed by atoms with Gasteiger partial charge in [0.2, 0.25) is 0 Å². The van der Waals surface area contributed by atoms with Crippen molar-refractivity contribution in [3.05, 3.63) is 35.9 Å². The Labute approximate surface area is 118 Å². The largest absolute Gasteiger partial charge is 0.310 e. The molecule has 1 heterocycles. The van der Waals surface area contributed by atoms with E-state index in [4.69, 9.17) is 0 Å². The Balaban J connectivity index is 1.85. The fourth-order valence-electron chi connectivity index (χ4n) is 2.53. The van der Waals surface area contributed by atoms with Crippen LogP contribution in [0.1, 0.15) is 24.9 Å². The number of hydrogen-bond donors (Lipinski definition) is 1. The predicted octanol–water partition coefficient (Wildman–Crippen LogP) is 1.79. The van der Waals surface area contributed by atoms with Crippen LogP contribution < -0.4 is 5.32 Å². The molecule has 106 valence electrons. The normalized spacial score (nSPS) is 19.4. The van der Waals surface area contributed by atoms with Gasteiger partial charge in [0.25, 0.3) is 0 Å². The van der Waals surface area contributed by atoms with E-state index in [1.165, 1.54) is 5.56 Å². The molecule has 1 fully saturated rings. The van der Waals surface area contributed by atoms with Gasteiger partial charge in [-0.3, -0.25) is 4.21 Å². The first-order valence-corrected chi connectivity index (χ1v) is 8.64. The van der Waals surface area contributed by atoms with Gasteiger partial charge in [0.1, 0.15) is 0 Å². The number of hydrogen-bond acceptors (Lipinski definition) is 3. The minimum absolute atomic E-state index is 0.429. The summed E-state index contributed by atoms with van der Waals surface area (Å²) in [6.07, 6.45) is 1.12. The highest BCUT2D eigenvalue weighted by atomic mass is 32.2. The monoisotopic (exact) mass is 280 g/mol. The van der Waals surface area contributed by atoms with E-state index in [9.17, 15) is 4.21 Å². The molecule has 0 aromatic heterocycles.